The summed E-state index contributed by atoms with van der Waals surface area (Å²) in [6.45, 7) is 1.71. The zero-order chi connectivity index (χ0) is 27.5. The lowest BCUT2D eigenvalue weighted by Gasteiger charge is -2.30. The summed E-state index contributed by atoms with van der Waals surface area (Å²) < 4.78 is 6.67. The lowest BCUT2D eigenvalue weighted by molar-refractivity contribution is -0.384. The maximum Gasteiger partial charge on any atom is 0.269 e. The van der Waals surface area contributed by atoms with E-state index in [2.05, 4.69) is 21.0 Å². The van der Waals surface area contributed by atoms with Crippen molar-refractivity contribution < 1.29 is 19.2 Å². The van der Waals surface area contributed by atoms with Crippen molar-refractivity contribution in [1.82, 2.24) is 9.78 Å². The standard InChI is InChI=1S/C28H24N6O5/c1-17-24(28(36)32-20-11-13-22(39-2)14-12-20)25(18-7-6-10-21(15-18)34(37)38)33-26(30-17)23(16-29-33)27(35)31-19-8-4-3-5-9-19/h3-16,25,30H,1-2H3,(H,31,35)(H,32,36)/t25-/m1/s1. The molecule has 0 spiro atoms. The minimum Gasteiger partial charge on any atom is -0.497 e. The summed E-state index contributed by atoms with van der Waals surface area (Å²) in [5.74, 6) is 0.169. The lowest BCUT2D eigenvalue weighted by Crippen LogP contribution is -2.32. The van der Waals surface area contributed by atoms with Gasteiger partial charge in [0.2, 0.25) is 0 Å². The summed E-state index contributed by atoms with van der Waals surface area (Å²) in [5.41, 5.74) is 2.49. The van der Waals surface area contributed by atoms with Crippen LogP contribution in [0.25, 0.3) is 0 Å². The Bertz CT molecular complexity index is 1590. The summed E-state index contributed by atoms with van der Waals surface area (Å²) in [6.07, 6.45) is 1.41. The first-order valence-electron chi connectivity index (χ1n) is 12.0. The molecule has 0 saturated carbocycles. The van der Waals surface area contributed by atoms with Gasteiger partial charge in [-0.25, -0.2) is 4.68 Å². The second-order valence-corrected chi connectivity index (χ2v) is 8.77. The Morgan fingerprint density at radius 2 is 1.67 bits per heavy atom. The highest BCUT2D eigenvalue weighted by atomic mass is 16.6. The van der Waals surface area contributed by atoms with E-state index in [0.717, 1.165) is 0 Å². The quantitative estimate of drug-likeness (QED) is 0.229. The van der Waals surface area contributed by atoms with Gasteiger partial charge in [-0.15, -0.1) is 0 Å². The molecule has 0 bridgehead atoms. The molecule has 196 valence electrons. The van der Waals surface area contributed by atoms with Gasteiger partial charge in [-0.05, 0) is 48.9 Å². The van der Waals surface area contributed by atoms with Gasteiger partial charge in [-0.3, -0.25) is 19.7 Å². The number of hydrogen-bond acceptors (Lipinski definition) is 7. The fourth-order valence-electron chi connectivity index (χ4n) is 4.42. The van der Waals surface area contributed by atoms with E-state index in [4.69, 9.17) is 4.74 Å². The van der Waals surface area contributed by atoms with Crippen LogP contribution in [0.3, 0.4) is 0 Å². The van der Waals surface area contributed by atoms with Crippen LogP contribution in [0.2, 0.25) is 0 Å². The third-order valence-corrected chi connectivity index (χ3v) is 6.29. The molecule has 3 N–H and O–H groups in total. The summed E-state index contributed by atoms with van der Waals surface area (Å²) >= 11 is 0. The third kappa shape index (κ3) is 5.05. The minimum atomic E-state index is -0.849. The highest BCUT2D eigenvalue weighted by Gasteiger charge is 2.36. The first-order chi connectivity index (χ1) is 18.9. The number of anilines is 3. The van der Waals surface area contributed by atoms with Gasteiger partial charge in [0, 0.05) is 29.2 Å². The molecule has 0 fully saturated rings. The van der Waals surface area contributed by atoms with Crippen LogP contribution in [0.5, 0.6) is 5.75 Å². The van der Waals surface area contributed by atoms with E-state index in [1.807, 2.05) is 6.07 Å². The largest absolute Gasteiger partial charge is 0.497 e. The fourth-order valence-corrected chi connectivity index (χ4v) is 4.42. The number of allylic oxidation sites excluding steroid dienone is 1. The third-order valence-electron chi connectivity index (χ3n) is 6.29. The number of carbonyl (C=O) groups excluding carboxylic acids is 2. The Balaban J connectivity index is 1.56. The van der Waals surface area contributed by atoms with Gasteiger partial charge in [0.25, 0.3) is 17.5 Å². The van der Waals surface area contributed by atoms with Gasteiger partial charge in [-0.1, -0.05) is 30.3 Å². The van der Waals surface area contributed by atoms with E-state index in [9.17, 15) is 19.7 Å². The maximum atomic E-state index is 13.6. The van der Waals surface area contributed by atoms with Crippen LogP contribution in [0.1, 0.15) is 28.9 Å². The predicted octanol–water partition coefficient (Wildman–Crippen LogP) is 4.98. The molecular formula is C28H24N6O5. The molecule has 11 heteroatoms. The second-order valence-electron chi connectivity index (χ2n) is 8.77. The highest BCUT2D eigenvalue weighted by Crippen LogP contribution is 2.39. The van der Waals surface area contributed by atoms with Crippen LogP contribution in [0.15, 0.2) is 96.3 Å². The number of fused-ring (bicyclic) bond motifs is 1. The van der Waals surface area contributed by atoms with E-state index in [1.165, 1.54) is 23.0 Å². The molecule has 0 saturated heterocycles. The van der Waals surface area contributed by atoms with Crippen molar-refractivity contribution in [3.8, 4) is 5.75 Å². The van der Waals surface area contributed by atoms with Gasteiger partial charge in [0.05, 0.1) is 23.8 Å². The average Bonchev–Trinajstić information content (AvgIpc) is 3.36. The number of nitro groups is 1. The second kappa shape index (κ2) is 10.5. The van der Waals surface area contributed by atoms with Gasteiger partial charge in [-0.2, -0.15) is 5.10 Å². The Labute approximate surface area is 223 Å². The zero-order valence-electron chi connectivity index (χ0n) is 21.0. The van der Waals surface area contributed by atoms with Gasteiger partial charge in [0.15, 0.2) is 0 Å². The highest BCUT2D eigenvalue weighted by molar-refractivity contribution is 6.09. The summed E-state index contributed by atoms with van der Waals surface area (Å²) in [4.78, 5) is 37.8. The number of hydrogen-bond donors (Lipinski definition) is 3. The molecule has 2 heterocycles. The number of para-hydroxylation sites is 1. The number of ether oxygens (including phenoxy) is 1. The van der Waals surface area contributed by atoms with E-state index >= 15 is 0 Å². The molecule has 3 aromatic carbocycles. The van der Waals surface area contributed by atoms with Gasteiger partial charge in [0.1, 0.15) is 23.2 Å². The fraction of sp³-hybridized carbons (Fsp3) is 0.107. The van der Waals surface area contributed by atoms with Crippen molar-refractivity contribution in [3.63, 3.8) is 0 Å². The molecule has 11 nitrogen and oxygen atoms in total. The molecule has 39 heavy (non-hydrogen) atoms. The molecule has 2 amide bonds. The number of methoxy groups -OCH3 is 1. The van der Waals surface area contributed by atoms with Crippen molar-refractivity contribution in [2.24, 2.45) is 0 Å². The van der Waals surface area contributed by atoms with Crippen LogP contribution in [0, 0.1) is 10.1 Å². The molecule has 0 aliphatic carbocycles. The van der Waals surface area contributed by atoms with Crippen molar-refractivity contribution >= 4 is 34.7 Å². The molecule has 1 aromatic heterocycles. The number of benzene rings is 3. The molecular weight excluding hydrogens is 500 g/mol. The van der Waals surface area contributed by atoms with Crippen LogP contribution < -0.4 is 20.7 Å². The number of aromatic nitrogens is 2. The van der Waals surface area contributed by atoms with Crippen molar-refractivity contribution in [1.29, 1.82) is 0 Å². The number of carbonyl (C=O) groups is 2. The SMILES string of the molecule is COc1ccc(NC(=O)C2=C(C)Nc3c(C(=O)Nc4ccccc4)cnn3[C@@H]2c2cccc([N+](=O)[O-])c2)cc1. The predicted molar refractivity (Wildman–Crippen MR) is 146 cm³/mol. The van der Waals surface area contributed by atoms with Crippen LogP contribution >= 0.6 is 0 Å². The Morgan fingerprint density at radius 1 is 0.974 bits per heavy atom. The van der Waals surface area contributed by atoms with Crippen molar-refractivity contribution in [2.75, 3.05) is 23.1 Å². The zero-order valence-corrected chi connectivity index (χ0v) is 21.0. The monoisotopic (exact) mass is 524 g/mol. The molecule has 5 rings (SSSR count). The summed E-state index contributed by atoms with van der Waals surface area (Å²) in [7, 11) is 1.55. The van der Waals surface area contributed by atoms with Crippen LogP contribution in [0.4, 0.5) is 22.9 Å². The maximum absolute atomic E-state index is 13.6. The van der Waals surface area contributed by atoms with Gasteiger partial charge < -0.3 is 20.7 Å². The Kier molecular flexibility index (Phi) is 6.79. The smallest absolute Gasteiger partial charge is 0.269 e. The first kappa shape index (κ1) is 25.2. The van der Waals surface area contributed by atoms with Crippen molar-refractivity contribution in [3.05, 3.63) is 118 Å². The van der Waals surface area contributed by atoms with Gasteiger partial charge >= 0.3 is 0 Å². The van der Waals surface area contributed by atoms with Crippen molar-refractivity contribution in [2.45, 2.75) is 13.0 Å². The normalized spacial score (nSPS) is 14.2. The number of nitro benzene ring substituents is 1. The van der Waals surface area contributed by atoms with Crippen LogP contribution in [-0.4, -0.2) is 33.6 Å². The van der Waals surface area contributed by atoms with E-state index in [0.29, 0.717) is 34.2 Å². The average molecular weight is 525 g/mol. The molecule has 4 aromatic rings. The Morgan fingerprint density at radius 3 is 2.36 bits per heavy atom. The number of amides is 2. The molecule has 1 atom stereocenters. The molecule has 0 unspecified atom stereocenters. The number of nitrogens with zero attached hydrogens (tertiary/aromatic N) is 3. The molecule has 1 aliphatic rings. The van der Waals surface area contributed by atoms with Crippen LogP contribution in [-0.2, 0) is 4.79 Å². The molecule has 0 radical (unpaired) electrons. The topological polar surface area (TPSA) is 140 Å². The number of non-ortho nitro benzene ring substituents is 1. The first-order valence-corrected chi connectivity index (χ1v) is 12.0. The number of nitrogens with one attached hydrogen (secondary N) is 3. The summed E-state index contributed by atoms with van der Waals surface area (Å²) in [5, 5.41) is 24.8. The minimum absolute atomic E-state index is 0.130. The van der Waals surface area contributed by atoms with E-state index in [-0.39, 0.29) is 16.8 Å². The Hall–Kier alpha value is -5.45. The van der Waals surface area contributed by atoms with E-state index < -0.39 is 22.8 Å². The lowest BCUT2D eigenvalue weighted by atomic mass is 9.94. The number of rotatable bonds is 7. The van der Waals surface area contributed by atoms with E-state index in [1.54, 1.807) is 74.7 Å². The molecule has 1 aliphatic heterocycles. The summed E-state index contributed by atoms with van der Waals surface area (Å²) in [6, 6.07) is 21.0.